The van der Waals surface area contributed by atoms with Gasteiger partial charge in [0.05, 0.1) is 35.2 Å². The van der Waals surface area contributed by atoms with Gasteiger partial charge in [0, 0.05) is 24.7 Å². The number of nitrogens with zero attached hydrogens (tertiary/aromatic N) is 5. The minimum absolute atomic E-state index is 0.216. The Labute approximate surface area is 175 Å². The van der Waals surface area contributed by atoms with Gasteiger partial charge in [-0.1, -0.05) is 6.07 Å². The first-order valence-corrected chi connectivity index (χ1v) is 9.27. The molecular weight excluding hydrogens is 409 g/mol. The van der Waals surface area contributed by atoms with Crippen molar-refractivity contribution in [2.45, 2.75) is 19.6 Å². The molecule has 0 radical (unpaired) electrons. The fourth-order valence-electron chi connectivity index (χ4n) is 3.08. The Morgan fingerprint density at radius 1 is 1.13 bits per heavy atom. The van der Waals surface area contributed by atoms with E-state index in [4.69, 9.17) is 0 Å². The third kappa shape index (κ3) is 4.47. The van der Waals surface area contributed by atoms with Gasteiger partial charge in [-0.25, -0.2) is 4.68 Å². The summed E-state index contributed by atoms with van der Waals surface area (Å²) in [5.74, 6) is -0.102. The third-order valence-corrected chi connectivity index (χ3v) is 4.65. The highest BCUT2D eigenvalue weighted by atomic mass is 19.4. The molecule has 0 fully saturated rings. The van der Waals surface area contributed by atoms with Crippen LogP contribution in [0.3, 0.4) is 0 Å². The number of alkyl halides is 3. The summed E-state index contributed by atoms with van der Waals surface area (Å²) in [4.78, 5) is 16.6. The molecule has 0 spiro atoms. The normalized spacial score (nSPS) is 11.5. The molecule has 0 saturated carbocycles. The van der Waals surface area contributed by atoms with E-state index in [1.54, 1.807) is 36.3 Å². The highest BCUT2D eigenvalue weighted by molar-refractivity contribution is 6.04. The van der Waals surface area contributed by atoms with Crippen LogP contribution in [-0.2, 0) is 12.7 Å². The molecule has 0 saturated heterocycles. The van der Waals surface area contributed by atoms with E-state index in [-0.39, 0.29) is 11.3 Å². The Bertz CT molecular complexity index is 1210. The monoisotopic (exact) mass is 426 g/mol. The van der Waals surface area contributed by atoms with E-state index in [1.165, 1.54) is 23.0 Å². The fourth-order valence-corrected chi connectivity index (χ4v) is 3.08. The highest BCUT2D eigenvalue weighted by Gasteiger charge is 2.30. The summed E-state index contributed by atoms with van der Waals surface area (Å²) >= 11 is 0. The molecule has 10 heteroatoms. The number of carbonyl (C=O) groups is 1. The Balaban J connectivity index is 1.50. The van der Waals surface area contributed by atoms with Crippen LogP contribution in [0.5, 0.6) is 0 Å². The second-order valence-corrected chi connectivity index (χ2v) is 6.81. The maximum Gasteiger partial charge on any atom is 0.416 e. The van der Waals surface area contributed by atoms with Gasteiger partial charge in [0.1, 0.15) is 0 Å². The molecule has 3 heterocycles. The van der Waals surface area contributed by atoms with Gasteiger partial charge in [-0.2, -0.15) is 23.4 Å². The molecule has 158 valence electrons. The smallest absolute Gasteiger partial charge is 0.305 e. The molecule has 1 N–H and O–H groups in total. The number of halogens is 3. The number of hydrogen-bond donors (Lipinski definition) is 1. The van der Waals surface area contributed by atoms with Crippen LogP contribution >= 0.6 is 0 Å². The van der Waals surface area contributed by atoms with Crippen LogP contribution in [-0.4, -0.2) is 30.5 Å². The number of aromatic nitrogens is 5. The van der Waals surface area contributed by atoms with Gasteiger partial charge in [-0.15, -0.1) is 0 Å². The number of carbonyl (C=O) groups excluding carboxylic acids is 1. The molecule has 0 bridgehead atoms. The number of nitrogens with one attached hydrogen (secondary N) is 1. The SMILES string of the molecule is Cc1c(C(=O)Nc2ccn(Cc3ccncc3)n2)cnn1-c1cccc(C(F)(F)F)c1. The van der Waals surface area contributed by atoms with E-state index in [0.29, 0.717) is 18.1 Å². The number of rotatable bonds is 5. The number of amides is 1. The van der Waals surface area contributed by atoms with Crippen LogP contribution in [0.1, 0.15) is 27.2 Å². The van der Waals surface area contributed by atoms with Crippen LogP contribution in [0.15, 0.2) is 67.3 Å². The van der Waals surface area contributed by atoms with Gasteiger partial charge in [-0.3, -0.25) is 14.5 Å². The second-order valence-electron chi connectivity index (χ2n) is 6.81. The lowest BCUT2D eigenvalue weighted by Gasteiger charge is -2.10. The van der Waals surface area contributed by atoms with E-state index in [0.717, 1.165) is 17.7 Å². The van der Waals surface area contributed by atoms with Crippen molar-refractivity contribution in [1.29, 1.82) is 0 Å². The summed E-state index contributed by atoms with van der Waals surface area (Å²) in [6.45, 7) is 2.13. The fraction of sp³-hybridized carbons (Fsp3) is 0.143. The van der Waals surface area contributed by atoms with Gasteiger partial charge < -0.3 is 5.32 Å². The second kappa shape index (κ2) is 8.05. The van der Waals surface area contributed by atoms with Crippen LogP contribution in [0.25, 0.3) is 5.69 Å². The van der Waals surface area contributed by atoms with Crippen molar-refractivity contribution in [3.63, 3.8) is 0 Å². The number of anilines is 1. The summed E-state index contributed by atoms with van der Waals surface area (Å²) in [5.41, 5.74) is 1.09. The van der Waals surface area contributed by atoms with Crippen LogP contribution in [0, 0.1) is 6.92 Å². The topological polar surface area (TPSA) is 77.6 Å². The molecule has 4 aromatic rings. The van der Waals surface area contributed by atoms with E-state index >= 15 is 0 Å². The molecule has 7 nitrogen and oxygen atoms in total. The molecule has 1 aromatic carbocycles. The zero-order chi connectivity index (χ0) is 22.0. The third-order valence-electron chi connectivity index (χ3n) is 4.65. The first-order chi connectivity index (χ1) is 14.8. The zero-order valence-corrected chi connectivity index (χ0v) is 16.3. The first kappa shape index (κ1) is 20.3. The van der Waals surface area contributed by atoms with Gasteiger partial charge in [0.2, 0.25) is 0 Å². The molecule has 4 rings (SSSR count). The molecule has 31 heavy (non-hydrogen) atoms. The predicted octanol–water partition coefficient (Wildman–Crippen LogP) is 4.09. The molecule has 0 aliphatic carbocycles. The number of benzene rings is 1. The quantitative estimate of drug-likeness (QED) is 0.522. The van der Waals surface area contributed by atoms with E-state index in [1.807, 2.05) is 12.1 Å². The molecule has 0 aliphatic rings. The predicted molar refractivity (Wildman–Crippen MR) is 107 cm³/mol. The minimum atomic E-state index is -4.47. The van der Waals surface area contributed by atoms with Crippen molar-refractivity contribution in [2.75, 3.05) is 5.32 Å². The van der Waals surface area contributed by atoms with E-state index in [9.17, 15) is 18.0 Å². The van der Waals surface area contributed by atoms with E-state index in [2.05, 4.69) is 20.5 Å². The maximum atomic E-state index is 13.0. The summed E-state index contributed by atoms with van der Waals surface area (Å²) < 4.78 is 41.9. The largest absolute Gasteiger partial charge is 0.416 e. The Hall–Kier alpha value is -3.95. The summed E-state index contributed by atoms with van der Waals surface area (Å²) in [5, 5.41) is 11.1. The van der Waals surface area contributed by atoms with Gasteiger partial charge in [-0.05, 0) is 42.8 Å². The highest BCUT2D eigenvalue weighted by Crippen LogP contribution is 2.30. The van der Waals surface area contributed by atoms with Gasteiger partial charge in [0.25, 0.3) is 5.91 Å². The van der Waals surface area contributed by atoms with E-state index < -0.39 is 17.6 Å². The molecular formula is C21H17F3N6O. The van der Waals surface area contributed by atoms with Gasteiger partial charge >= 0.3 is 6.18 Å². The molecule has 0 unspecified atom stereocenters. The molecule has 3 aromatic heterocycles. The molecule has 0 aliphatic heterocycles. The molecule has 1 amide bonds. The van der Waals surface area contributed by atoms with Crippen LogP contribution in [0.2, 0.25) is 0 Å². The van der Waals surface area contributed by atoms with Crippen molar-refractivity contribution in [2.24, 2.45) is 0 Å². The Kier molecular flexibility index (Phi) is 5.28. The lowest BCUT2D eigenvalue weighted by Crippen LogP contribution is -2.14. The maximum absolute atomic E-state index is 13.0. The lowest BCUT2D eigenvalue weighted by molar-refractivity contribution is -0.137. The summed E-state index contributed by atoms with van der Waals surface area (Å²) in [6, 6.07) is 10.2. The average Bonchev–Trinajstić information content (AvgIpc) is 3.34. The Morgan fingerprint density at radius 3 is 2.65 bits per heavy atom. The number of pyridine rings is 1. The van der Waals surface area contributed by atoms with Crippen LogP contribution < -0.4 is 5.32 Å². The molecule has 0 atom stereocenters. The minimum Gasteiger partial charge on any atom is -0.305 e. The van der Waals surface area contributed by atoms with Crippen molar-refractivity contribution in [1.82, 2.24) is 24.5 Å². The van der Waals surface area contributed by atoms with Crippen LogP contribution in [0.4, 0.5) is 19.0 Å². The zero-order valence-electron chi connectivity index (χ0n) is 16.3. The van der Waals surface area contributed by atoms with Crippen molar-refractivity contribution < 1.29 is 18.0 Å². The first-order valence-electron chi connectivity index (χ1n) is 9.27. The van der Waals surface area contributed by atoms with Crippen molar-refractivity contribution >= 4 is 11.7 Å². The van der Waals surface area contributed by atoms with Crippen molar-refractivity contribution in [3.05, 3.63) is 89.6 Å². The van der Waals surface area contributed by atoms with Crippen molar-refractivity contribution in [3.8, 4) is 5.69 Å². The lowest BCUT2D eigenvalue weighted by atomic mass is 10.2. The average molecular weight is 426 g/mol. The van der Waals surface area contributed by atoms with Gasteiger partial charge in [0.15, 0.2) is 5.82 Å². The standard InChI is InChI=1S/C21H17F3N6O/c1-14-18(12-26-30(14)17-4-2-3-16(11-17)21(22,23)24)20(31)27-19-7-10-29(28-19)13-15-5-8-25-9-6-15/h2-12H,13H2,1H3,(H,27,28,31). The number of hydrogen-bond acceptors (Lipinski definition) is 4. The summed E-state index contributed by atoms with van der Waals surface area (Å²) in [6.07, 6.45) is 1.96. The summed E-state index contributed by atoms with van der Waals surface area (Å²) in [7, 11) is 0. The Morgan fingerprint density at radius 2 is 1.90 bits per heavy atom.